The maximum atomic E-state index is 13.0. The van der Waals surface area contributed by atoms with E-state index in [-0.39, 0.29) is 5.41 Å². The van der Waals surface area contributed by atoms with Gasteiger partial charge >= 0.3 is 0 Å². The van der Waals surface area contributed by atoms with Crippen molar-refractivity contribution in [3.8, 4) is 0 Å². The van der Waals surface area contributed by atoms with Crippen molar-refractivity contribution in [1.82, 2.24) is 4.90 Å². The lowest BCUT2D eigenvalue weighted by molar-refractivity contribution is -0.157. The largest absolute Gasteiger partial charge is 0.330 e. The van der Waals surface area contributed by atoms with Crippen LogP contribution >= 0.6 is 11.8 Å². The minimum Gasteiger partial charge on any atom is -0.330 e. The van der Waals surface area contributed by atoms with Crippen molar-refractivity contribution < 1.29 is 4.79 Å². The molecule has 5 aliphatic rings. The van der Waals surface area contributed by atoms with E-state index in [1.54, 1.807) is 0 Å². The summed E-state index contributed by atoms with van der Waals surface area (Å²) in [5.41, 5.74) is 0.0773. The number of thioether (sulfide) groups is 1. The summed E-state index contributed by atoms with van der Waals surface area (Å²) in [5.74, 6) is 4.31. The van der Waals surface area contributed by atoms with E-state index in [0.717, 1.165) is 30.1 Å². The molecule has 1 atom stereocenters. The molecule has 1 amide bonds. The molecule has 0 spiro atoms. The molecule has 1 heterocycles. The number of nitrogens with zero attached hydrogens (tertiary/aromatic N) is 1. The molecule has 4 aliphatic carbocycles. The first-order valence-corrected chi connectivity index (χ1v) is 8.64. The van der Waals surface area contributed by atoms with Crippen molar-refractivity contribution in [2.45, 2.75) is 50.8 Å². The highest BCUT2D eigenvalue weighted by Crippen LogP contribution is 2.60. The maximum absolute atomic E-state index is 13.0. The van der Waals surface area contributed by atoms with E-state index in [9.17, 15) is 4.79 Å². The molecule has 2 nitrogen and oxygen atoms in total. The summed E-state index contributed by atoms with van der Waals surface area (Å²) in [5, 5.41) is 0.422. The zero-order valence-electron chi connectivity index (χ0n) is 11.2. The second-order valence-electron chi connectivity index (χ2n) is 7.17. The maximum Gasteiger partial charge on any atom is 0.229 e. The quantitative estimate of drug-likeness (QED) is 0.726. The van der Waals surface area contributed by atoms with Gasteiger partial charge in [0.25, 0.3) is 0 Å². The average Bonchev–Trinajstić information content (AvgIpc) is 2.72. The molecule has 4 bridgehead atoms. The Morgan fingerprint density at radius 1 is 1.11 bits per heavy atom. The number of amides is 1. The van der Waals surface area contributed by atoms with Crippen LogP contribution in [0.15, 0.2) is 0 Å². The zero-order valence-corrected chi connectivity index (χ0v) is 12.0. The van der Waals surface area contributed by atoms with Crippen LogP contribution in [-0.2, 0) is 4.79 Å². The van der Waals surface area contributed by atoms with Gasteiger partial charge in [0.1, 0.15) is 0 Å². The minimum atomic E-state index is 0.0773. The Morgan fingerprint density at radius 3 is 2.11 bits per heavy atom. The number of hydrogen-bond acceptors (Lipinski definition) is 2. The average molecular weight is 265 g/mol. The molecule has 3 heteroatoms. The van der Waals surface area contributed by atoms with Crippen LogP contribution < -0.4 is 0 Å². The predicted octanol–water partition coefficient (Wildman–Crippen LogP) is 3.12. The highest BCUT2D eigenvalue weighted by Gasteiger charge is 2.56. The molecule has 0 aromatic rings. The topological polar surface area (TPSA) is 20.3 Å². The lowest BCUT2D eigenvalue weighted by Crippen LogP contribution is -2.55. The Kier molecular flexibility index (Phi) is 2.53. The second kappa shape index (κ2) is 3.91. The van der Waals surface area contributed by atoms with Gasteiger partial charge in [-0.25, -0.2) is 0 Å². The summed E-state index contributed by atoms with van der Waals surface area (Å²) in [6.45, 7) is 3.20. The molecule has 1 aliphatic heterocycles. The predicted molar refractivity (Wildman–Crippen MR) is 74.2 cm³/mol. The third-order valence-corrected chi connectivity index (χ3v) is 7.04. The lowest BCUT2D eigenvalue weighted by Gasteiger charge is -2.56. The van der Waals surface area contributed by atoms with Crippen molar-refractivity contribution in [3.05, 3.63) is 0 Å². The third kappa shape index (κ3) is 1.59. The first kappa shape index (κ1) is 11.6. The fourth-order valence-electron chi connectivity index (χ4n) is 5.54. The molecule has 0 N–H and O–H groups in total. The van der Waals surface area contributed by atoms with Crippen molar-refractivity contribution in [1.29, 1.82) is 0 Å². The molecule has 4 saturated carbocycles. The molecule has 18 heavy (non-hydrogen) atoms. The van der Waals surface area contributed by atoms with E-state index >= 15 is 0 Å². The summed E-state index contributed by atoms with van der Waals surface area (Å²) in [4.78, 5) is 15.2. The third-order valence-electron chi connectivity index (χ3n) is 5.88. The van der Waals surface area contributed by atoms with Crippen LogP contribution in [0.5, 0.6) is 0 Å². The molecule has 1 unspecified atom stereocenters. The van der Waals surface area contributed by atoms with E-state index in [4.69, 9.17) is 0 Å². The van der Waals surface area contributed by atoms with Crippen LogP contribution in [-0.4, -0.2) is 28.5 Å². The summed E-state index contributed by atoms with van der Waals surface area (Å²) < 4.78 is 0. The first-order valence-electron chi connectivity index (χ1n) is 7.59. The molecule has 0 radical (unpaired) electrons. The molecular weight excluding hydrogens is 242 g/mol. The highest BCUT2D eigenvalue weighted by atomic mass is 32.2. The standard InChI is InChI=1S/C15H23NOS/c1-10-16(2-3-18-10)14(17)15-7-11-4-12(8-15)6-13(5-11)9-15/h10-13H,2-9H2,1H3. The van der Waals surface area contributed by atoms with E-state index in [1.165, 1.54) is 38.5 Å². The van der Waals surface area contributed by atoms with Crippen LogP contribution in [0.1, 0.15) is 45.4 Å². The Hall–Kier alpha value is -0.180. The van der Waals surface area contributed by atoms with Crippen molar-refractivity contribution in [3.63, 3.8) is 0 Å². The molecule has 1 saturated heterocycles. The van der Waals surface area contributed by atoms with E-state index in [2.05, 4.69) is 11.8 Å². The normalized spacial score (nSPS) is 49.9. The van der Waals surface area contributed by atoms with Crippen molar-refractivity contribution >= 4 is 17.7 Å². The summed E-state index contributed by atoms with van der Waals surface area (Å²) >= 11 is 1.94. The van der Waals surface area contributed by atoms with Gasteiger partial charge in [-0.15, -0.1) is 11.8 Å². The Morgan fingerprint density at radius 2 is 1.67 bits per heavy atom. The lowest BCUT2D eigenvalue weighted by atomic mass is 9.49. The Bertz CT molecular complexity index is 345. The van der Waals surface area contributed by atoms with Gasteiger partial charge in [-0.2, -0.15) is 0 Å². The molecule has 0 aromatic carbocycles. The molecule has 5 rings (SSSR count). The zero-order chi connectivity index (χ0) is 12.3. The van der Waals surface area contributed by atoms with Crippen LogP contribution in [0, 0.1) is 23.2 Å². The van der Waals surface area contributed by atoms with Gasteiger partial charge in [-0.05, 0) is 63.2 Å². The van der Waals surface area contributed by atoms with Gasteiger partial charge in [-0.3, -0.25) is 4.79 Å². The molecule has 0 aromatic heterocycles. The highest BCUT2D eigenvalue weighted by molar-refractivity contribution is 8.00. The van der Waals surface area contributed by atoms with Gasteiger partial charge in [0.05, 0.1) is 10.8 Å². The first-order chi connectivity index (χ1) is 8.66. The van der Waals surface area contributed by atoms with Gasteiger partial charge < -0.3 is 4.90 Å². The fourth-order valence-corrected chi connectivity index (χ4v) is 6.56. The number of carbonyl (C=O) groups excluding carboxylic acids is 1. The minimum absolute atomic E-state index is 0.0773. The molecule has 5 fully saturated rings. The van der Waals surface area contributed by atoms with Gasteiger partial charge in [0, 0.05) is 12.3 Å². The van der Waals surface area contributed by atoms with E-state index < -0.39 is 0 Å². The Labute approximate surface area is 114 Å². The van der Waals surface area contributed by atoms with Crippen LogP contribution in [0.4, 0.5) is 0 Å². The number of carbonyl (C=O) groups is 1. The molecule has 100 valence electrons. The van der Waals surface area contributed by atoms with Crippen molar-refractivity contribution in [2.75, 3.05) is 12.3 Å². The second-order valence-corrected chi connectivity index (χ2v) is 8.59. The number of hydrogen-bond donors (Lipinski definition) is 0. The van der Waals surface area contributed by atoms with E-state index in [0.29, 0.717) is 11.3 Å². The monoisotopic (exact) mass is 265 g/mol. The van der Waals surface area contributed by atoms with Crippen molar-refractivity contribution in [2.24, 2.45) is 23.2 Å². The fraction of sp³-hybridized carbons (Fsp3) is 0.933. The summed E-state index contributed by atoms with van der Waals surface area (Å²) in [6, 6.07) is 0. The van der Waals surface area contributed by atoms with E-state index in [1.807, 2.05) is 11.8 Å². The van der Waals surface area contributed by atoms with Crippen LogP contribution in [0.3, 0.4) is 0 Å². The summed E-state index contributed by atoms with van der Waals surface area (Å²) in [6.07, 6.45) is 7.92. The van der Waals surface area contributed by atoms with Crippen LogP contribution in [0.2, 0.25) is 0 Å². The van der Waals surface area contributed by atoms with Gasteiger partial charge in [-0.1, -0.05) is 0 Å². The Balaban J connectivity index is 1.61. The SMILES string of the molecule is CC1SCCN1C(=O)C12CC3CC(CC(C3)C1)C2. The smallest absolute Gasteiger partial charge is 0.229 e. The number of rotatable bonds is 1. The summed E-state index contributed by atoms with van der Waals surface area (Å²) in [7, 11) is 0. The molecular formula is C15H23NOS. The van der Waals surface area contributed by atoms with Crippen LogP contribution in [0.25, 0.3) is 0 Å². The van der Waals surface area contributed by atoms with Gasteiger partial charge in [0.15, 0.2) is 0 Å². The van der Waals surface area contributed by atoms with Gasteiger partial charge in [0.2, 0.25) is 5.91 Å².